The minimum Gasteiger partial charge on any atom is -0.480 e. The molecule has 0 fully saturated rings. The molecule has 12 nitrogen and oxygen atoms in total. The fourth-order valence-corrected chi connectivity index (χ4v) is 3.45. The summed E-state index contributed by atoms with van der Waals surface area (Å²) in [6.45, 7) is 1.16. The van der Waals surface area contributed by atoms with Crippen molar-refractivity contribution in [3.63, 3.8) is 0 Å². The van der Waals surface area contributed by atoms with E-state index in [-0.39, 0.29) is 6.42 Å². The van der Waals surface area contributed by atoms with E-state index in [9.17, 15) is 29.1 Å². The van der Waals surface area contributed by atoms with Gasteiger partial charge in [0, 0.05) is 0 Å². The summed E-state index contributed by atoms with van der Waals surface area (Å²) >= 11 is 2.96. The van der Waals surface area contributed by atoms with Crippen molar-refractivity contribution in [2.24, 2.45) is 11.5 Å². The summed E-state index contributed by atoms with van der Waals surface area (Å²) < 4.78 is 0. The average Bonchev–Trinajstić information content (AvgIpc) is 2.71. The van der Waals surface area contributed by atoms with E-state index in [1.165, 1.54) is 23.5 Å². The van der Waals surface area contributed by atoms with Crippen molar-refractivity contribution in [3.05, 3.63) is 0 Å². The van der Waals surface area contributed by atoms with Gasteiger partial charge in [-0.1, -0.05) is 0 Å². The minimum absolute atomic E-state index is 0.227. The van der Waals surface area contributed by atoms with Crippen LogP contribution in [0.25, 0.3) is 0 Å². The zero-order valence-electron chi connectivity index (χ0n) is 18.3. The maximum atomic E-state index is 12.8. The molecular weight excluding hydrogens is 462 g/mol. The van der Waals surface area contributed by atoms with Crippen LogP contribution >= 0.6 is 23.5 Å². The highest BCUT2D eigenvalue weighted by atomic mass is 32.2. The van der Waals surface area contributed by atoms with E-state index < -0.39 is 66.3 Å². The number of aliphatic hydroxyl groups excluding tert-OH is 1. The van der Waals surface area contributed by atoms with Crippen molar-refractivity contribution >= 4 is 53.1 Å². The zero-order valence-corrected chi connectivity index (χ0v) is 20.0. The summed E-state index contributed by atoms with van der Waals surface area (Å²) in [7, 11) is 0. The number of carbonyl (C=O) groups is 5. The van der Waals surface area contributed by atoms with Gasteiger partial charge in [-0.05, 0) is 43.8 Å². The largest absolute Gasteiger partial charge is 0.480 e. The van der Waals surface area contributed by atoms with Crippen molar-refractivity contribution in [1.29, 1.82) is 0 Å². The Bertz CT molecular complexity index is 666. The van der Waals surface area contributed by atoms with E-state index in [0.29, 0.717) is 17.9 Å². The van der Waals surface area contributed by atoms with Crippen LogP contribution in [-0.2, 0) is 24.0 Å². The molecule has 0 radical (unpaired) electrons. The molecule has 5 unspecified atom stereocenters. The third-order valence-corrected chi connectivity index (χ3v) is 5.59. The Morgan fingerprint density at radius 3 is 1.84 bits per heavy atom. The number of hydrogen-bond donors (Lipinski definition) is 7. The predicted octanol–water partition coefficient (Wildman–Crippen LogP) is -2.38. The van der Waals surface area contributed by atoms with Crippen LogP contribution < -0.4 is 27.4 Å². The third kappa shape index (κ3) is 11.5. The second-order valence-corrected chi connectivity index (χ2v) is 9.00. The van der Waals surface area contributed by atoms with Gasteiger partial charge in [0.25, 0.3) is 0 Å². The van der Waals surface area contributed by atoms with Gasteiger partial charge in [-0.2, -0.15) is 23.5 Å². The molecule has 14 heteroatoms. The number of primary amides is 1. The lowest BCUT2D eigenvalue weighted by Gasteiger charge is -2.25. The van der Waals surface area contributed by atoms with Crippen molar-refractivity contribution in [1.82, 2.24) is 16.0 Å². The minimum atomic E-state index is -1.66. The molecule has 4 amide bonds. The van der Waals surface area contributed by atoms with Crippen LogP contribution in [0.3, 0.4) is 0 Å². The lowest BCUT2D eigenvalue weighted by Crippen LogP contribution is -2.59. The highest BCUT2D eigenvalue weighted by molar-refractivity contribution is 7.98. The summed E-state index contributed by atoms with van der Waals surface area (Å²) in [4.78, 5) is 60.2. The topological polar surface area (TPSA) is 214 Å². The van der Waals surface area contributed by atoms with Crippen LogP contribution in [0.2, 0.25) is 0 Å². The number of carbonyl (C=O) groups excluding carboxylic acids is 4. The van der Waals surface area contributed by atoms with Gasteiger partial charge < -0.3 is 37.6 Å². The van der Waals surface area contributed by atoms with E-state index in [1.54, 1.807) is 0 Å². The van der Waals surface area contributed by atoms with Crippen molar-refractivity contribution in [2.75, 3.05) is 24.0 Å². The van der Waals surface area contributed by atoms with Gasteiger partial charge in [0.15, 0.2) is 6.04 Å². The van der Waals surface area contributed by atoms with E-state index in [2.05, 4.69) is 16.0 Å². The number of amides is 4. The Hall–Kier alpha value is -2.03. The maximum Gasteiger partial charge on any atom is 0.328 e. The van der Waals surface area contributed by atoms with Gasteiger partial charge in [-0.3, -0.25) is 19.2 Å². The zero-order chi connectivity index (χ0) is 24.8. The van der Waals surface area contributed by atoms with Crippen LogP contribution in [-0.4, -0.2) is 94.1 Å². The van der Waals surface area contributed by atoms with Gasteiger partial charge in [-0.15, -0.1) is 0 Å². The van der Waals surface area contributed by atoms with Crippen molar-refractivity contribution < 1.29 is 34.2 Å². The van der Waals surface area contributed by atoms with Gasteiger partial charge in [-0.25, -0.2) is 4.79 Å². The molecule has 0 aliphatic carbocycles. The van der Waals surface area contributed by atoms with Crippen molar-refractivity contribution in [3.8, 4) is 0 Å². The number of rotatable bonds is 16. The SMILES string of the molecule is CSCCC(N)C(=O)NC(CCSC)C(=O)NC(CC(N)=O)C(=O)NC(C(=O)O)C(C)O. The Balaban J connectivity index is 5.42. The predicted molar refractivity (Wildman–Crippen MR) is 123 cm³/mol. The monoisotopic (exact) mass is 495 g/mol. The molecule has 0 aromatic carbocycles. The molecular formula is C18H33N5O7S2. The average molecular weight is 496 g/mol. The Kier molecular flexibility index (Phi) is 14.7. The first-order valence-electron chi connectivity index (χ1n) is 9.78. The van der Waals surface area contributed by atoms with E-state index >= 15 is 0 Å². The smallest absolute Gasteiger partial charge is 0.328 e. The molecule has 0 spiro atoms. The van der Waals surface area contributed by atoms with Gasteiger partial charge >= 0.3 is 5.97 Å². The van der Waals surface area contributed by atoms with E-state index in [1.807, 2.05) is 12.5 Å². The molecule has 32 heavy (non-hydrogen) atoms. The molecule has 5 atom stereocenters. The molecule has 0 saturated carbocycles. The van der Waals surface area contributed by atoms with Gasteiger partial charge in [0.1, 0.15) is 12.1 Å². The molecule has 0 aromatic heterocycles. The first kappa shape index (κ1) is 30.0. The maximum absolute atomic E-state index is 12.8. The Morgan fingerprint density at radius 1 is 0.875 bits per heavy atom. The molecule has 0 rings (SSSR count). The molecule has 0 bridgehead atoms. The summed E-state index contributed by atoms with van der Waals surface area (Å²) in [5.41, 5.74) is 11.0. The van der Waals surface area contributed by atoms with Crippen LogP contribution in [0.1, 0.15) is 26.2 Å². The van der Waals surface area contributed by atoms with Crippen LogP contribution in [0.15, 0.2) is 0 Å². The molecule has 0 aliphatic rings. The van der Waals surface area contributed by atoms with Gasteiger partial charge in [0.2, 0.25) is 23.6 Å². The highest BCUT2D eigenvalue weighted by Gasteiger charge is 2.32. The third-order valence-electron chi connectivity index (χ3n) is 4.30. The number of nitrogens with two attached hydrogens (primary N) is 2. The van der Waals surface area contributed by atoms with Gasteiger partial charge in [0.05, 0.1) is 18.6 Å². The molecule has 0 aliphatic heterocycles. The quantitative estimate of drug-likeness (QED) is 0.121. The summed E-state index contributed by atoms with van der Waals surface area (Å²) in [6, 6.07) is -5.01. The second kappa shape index (κ2) is 15.7. The van der Waals surface area contributed by atoms with Crippen LogP contribution in [0.5, 0.6) is 0 Å². The standard InChI is InChI=1S/C18H33N5O7S2/c1-9(24)14(18(29)30)23-17(28)12(8-13(20)25)22-16(27)11(5-7-32-3)21-15(26)10(19)4-6-31-2/h9-12,14,24H,4-8,19H2,1-3H3,(H2,20,25)(H,21,26)(H,22,27)(H,23,28)(H,29,30). The number of aliphatic hydroxyl groups is 1. The van der Waals surface area contributed by atoms with Crippen LogP contribution in [0, 0.1) is 0 Å². The summed E-state index contributed by atoms with van der Waals surface area (Å²) in [5.74, 6) is -3.55. The normalized spacial score (nSPS) is 15.5. The number of hydrogen-bond acceptors (Lipinski definition) is 9. The first-order valence-corrected chi connectivity index (χ1v) is 12.6. The Labute approximate surface area is 195 Å². The second-order valence-electron chi connectivity index (χ2n) is 7.03. The van der Waals surface area contributed by atoms with Crippen LogP contribution in [0.4, 0.5) is 0 Å². The molecule has 0 saturated heterocycles. The highest BCUT2D eigenvalue weighted by Crippen LogP contribution is 2.05. The number of nitrogens with one attached hydrogen (secondary N) is 3. The molecule has 184 valence electrons. The lowest BCUT2D eigenvalue weighted by atomic mass is 10.1. The number of carboxylic acids is 1. The van der Waals surface area contributed by atoms with Crippen molar-refractivity contribution in [2.45, 2.75) is 56.5 Å². The number of aliphatic carboxylic acids is 1. The number of carboxylic acid groups (broad SMARTS) is 1. The number of thioether (sulfide) groups is 2. The molecule has 9 N–H and O–H groups in total. The fraction of sp³-hybridized carbons (Fsp3) is 0.722. The van der Waals surface area contributed by atoms with E-state index in [0.717, 1.165) is 6.92 Å². The molecule has 0 aromatic rings. The Morgan fingerprint density at radius 2 is 1.38 bits per heavy atom. The summed E-state index contributed by atoms with van der Waals surface area (Å²) in [5, 5.41) is 25.6. The van der Waals surface area contributed by atoms with E-state index in [4.69, 9.17) is 16.6 Å². The molecule has 0 heterocycles. The first-order chi connectivity index (χ1) is 14.9. The summed E-state index contributed by atoms with van der Waals surface area (Å²) in [6.07, 6.45) is 2.27. The lowest BCUT2D eigenvalue weighted by molar-refractivity contribution is -0.145. The fourth-order valence-electron chi connectivity index (χ4n) is 2.48.